The molecule has 0 saturated heterocycles. The topological polar surface area (TPSA) is 50.9 Å². The Morgan fingerprint density at radius 2 is 1.29 bits per heavy atom. The number of phenolic OH excluding ortho intramolecular Hbond substituents is 1. The monoisotopic (exact) mass is 953 g/mol. The van der Waals surface area contributed by atoms with E-state index in [0.29, 0.717) is 17.3 Å². The summed E-state index contributed by atoms with van der Waals surface area (Å²) in [7, 11) is 0. The van der Waals surface area contributed by atoms with Crippen LogP contribution in [-0.2, 0) is 38.3 Å². The molecule has 1 N–H and O–H groups in total. The summed E-state index contributed by atoms with van der Waals surface area (Å²) in [5.41, 5.74) is 15.4. The Balaban J connectivity index is 0.00000528. The minimum atomic E-state index is -0.143. The van der Waals surface area contributed by atoms with Crippen LogP contribution in [-0.4, -0.2) is 19.6 Å². The molecule has 0 atom stereocenters. The second-order valence-corrected chi connectivity index (χ2v) is 18.0. The predicted molar refractivity (Wildman–Crippen MR) is 242 cm³/mol. The van der Waals surface area contributed by atoms with Crippen LogP contribution in [0.1, 0.15) is 72.1 Å². The van der Waals surface area contributed by atoms with Gasteiger partial charge in [-0.1, -0.05) is 158 Å². The van der Waals surface area contributed by atoms with Crippen LogP contribution in [0.5, 0.6) is 5.75 Å². The Bertz CT molecular complexity index is 2750. The van der Waals surface area contributed by atoms with Gasteiger partial charge in [-0.05, 0) is 87.4 Å². The van der Waals surface area contributed by atoms with E-state index in [-0.39, 0.29) is 37.6 Å². The number of aromatic hydroxyl groups is 1. The van der Waals surface area contributed by atoms with Gasteiger partial charge in [0.1, 0.15) is 11.6 Å². The van der Waals surface area contributed by atoms with E-state index in [1.54, 1.807) is 6.07 Å². The summed E-state index contributed by atoms with van der Waals surface area (Å²) in [5, 5.41) is 11.4. The molecule has 0 fully saturated rings. The van der Waals surface area contributed by atoms with Gasteiger partial charge in [-0.25, -0.2) is 4.98 Å². The number of para-hydroxylation sites is 2. The van der Waals surface area contributed by atoms with E-state index in [2.05, 4.69) is 181 Å². The summed E-state index contributed by atoms with van der Waals surface area (Å²) in [6, 6.07) is 52.6. The zero-order valence-electron chi connectivity index (χ0n) is 35.2. The van der Waals surface area contributed by atoms with Gasteiger partial charge in [0, 0.05) is 38.5 Å². The number of hydrogen-bond donors (Lipinski definition) is 1. The molecule has 300 valence electrons. The maximum Gasteiger partial charge on any atom is 0.148 e. The first-order valence-electron chi connectivity index (χ1n) is 20.4. The quantitative estimate of drug-likeness (QED) is 0.154. The zero-order chi connectivity index (χ0) is 40.8. The molecule has 0 saturated carbocycles. The Morgan fingerprint density at radius 3 is 1.98 bits per heavy atom. The average molecular weight is 954 g/mol. The van der Waals surface area contributed by atoms with E-state index in [0.717, 1.165) is 67.8 Å². The van der Waals surface area contributed by atoms with Crippen LogP contribution in [0.2, 0.25) is 0 Å². The first-order valence-corrected chi connectivity index (χ1v) is 20.4. The van der Waals surface area contributed by atoms with Crippen LogP contribution < -0.4 is 0 Å². The van der Waals surface area contributed by atoms with Gasteiger partial charge >= 0.3 is 0 Å². The fraction of sp³-hybridized carbons (Fsp3) is 0.222. The van der Waals surface area contributed by atoms with Gasteiger partial charge < -0.3 is 5.11 Å². The van der Waals surface area contributed by atoms with Crippen molar-refractivity contribution in [3.05, 3.63) is 168 Å². The summed E-state index contributed by atoms with van der Waals surface area (Å²) >= 11 is 0. The first kappa shape index (κ1) is 41.6. The molecule has 5 heteroatoms. The molecule has 0 aliphatic rings. The summed E-state index contributed by atoms with van der Waals surface area (Å²) in [6.45, 7) is 18.0. The number of phenols is 1. The number of benzene rings is 6. The van der Waals surface area contributed by atoms with Crippen LogP contribution in [0.3, 0.4) is 0 Å². The first-order chi connectivity index (χ1) is 27.7. The van der Waals surface area contributed by atoms with Crippen LogP contribution in [0.25, 0.3) is 72.7 Å². The molecule has 2 heterocycles. The van der Waals surface area contributed by atoms with Crippen molar-refractivity contribution in [2.75, 3.05) is 0 Å². The van der Waals surface area contributed by atoms with E-state index in [1.165, 1.54) is 16.7 Å². The molecule has 8 rings (SSSR count). The van der Waals surface area contributed by atoms with Crippen molar-refractivity contribution in [2.24, 2.45) is 5.92 Å². The van der Waals surface area contributed by atoms with Crippen molar-refractivity contribution in [1.82, 2.24) is 14.5 Å². The van der Waals surface area contributed by atoms with Gasteiger partial charge in [-0.3, -0.25) is 9.55 Å². The van der Waals surface area contributed by atoms with E-state index in [9.17, 15) is 5.11 Å². The summed E-state index contributed by atoms with van der Waals surface area (Å²) < 4.78 is 2.22. The normalized spacial score (nSPS) is 11.9. The summed E-state index contributed by atoms with van der Waals surface area (Å²) in [4.78, 5) is 10.3. The Morgan fingerprint density at radius 1 is 0.610 bits per heavy atom. The Hall–Kier alpha value is -5.57. The molecule has 0 radical (unpaired) electrons. The summed E-state index contributed by atoms with van der Waals surface area (Å²) in [6.07, 6.45) is 2.88. The number of imidazole rings is 1. The largest absolute Gasteiger partial charge is 0.507 e. The molecule has 0 bridgehead atoms. The number of hydrogen-bond acceptors (Lipinski definition) is 3. The van der Waals surface area contributed by atoms with Crippen molar-refractivity contribution < 1.29 is 26.2 Å². The van der Waals surface area contributed by atoms with Crippen molar-refractivity contribution >= 4 is 11.0 Å². The molecule has 0 unspecified atom stereocenters. The fourth-order valence-corrected chi connectivity index (χ4v) is 7.84. The second kappa shape index (κ2) is 16.6. The summed E-state index contributed by atoms with van der Waals surface area (Å²) in [5.74, 6) is 1.37. The molecular formula is C54H52N3OPt-. The predicted octanol–water partition coefficient (Wildman–Crippen LogP) is 14.1. The minimum Gasteiger partial charge on any atom is -0.507 e. The van der Waals surface area contributed by atoms with Crippen LogP contribution >= 0.6 is 0 Å². The van der Waals surface area contributed by atoms with Gasteiger partial charge in [-0.2, -0.15) is 0 Å². The molecule has 8 aromatic rings. The SMILES string of the molecule is CC(C)Cc1ccc(-n2c(-c3ccccc3O)nc3c(-c4[c-]c(-c5cc(-c6ccc(C(C)(C)C)cc6)ccn5)cc(C(C)(C)C)c4)cccc32)c(-c2ccccc2)c1.[Pt]. The van der Waals surface area contributed by atoms with Crippen LogP contribution in [0, 0.1) is 12.0 Å². The van der Waals surface area contributed by atoms with Gasteiger partial charge in [0.05, 0.1) is 22.3 Å². The Kier molecular flexibility index (Phi) is 11.7. The van der Waals surface area contributed by atoms with Crippen molar-refractivity contribution in [3.8, 4) is 67.5 Å². The zero-order valence-corrected chi connectivity index (χ0v) is 37.5. The van der Waals surface area contributed by atoms with Gasteiger partial charge in [0.2, 0.25) is 0 Å². The molecule has 6 aromatic carbocycles. The molecule has 0 amide bonds. The third-order valence-electron chi connectivity index (χ3n) is 11.0. The van der Waals surface area contributed by atoms with E-state index >= 15 is 0 Å². The smallest absolute Gasteiger partial charge is 0.148 e. The molecule has 0 aliphatic carbocycles. The maximum atomic E-state index is 11.4. The standard InChI is InChI=1S/C54H52N3O.Pt/c1-35(2)29-36-21-26-48(46(30-36)38-15-10-9-11-16-38)57-49-19-14-18-44(51(49)56-52(57)45-17-12-13-20-50(45)58)40-31-41(33-43(32-40)54(6,7)8)47-34-39(27-28-55-47)37-22-24-42(25-23-37)53(3,4)5;/h9-28,30,32-35,58H,29H2,1-8H3;/q-1;. The third kappa shape index (κ3) is 8.61. The van der Waals surface area contributed by atoms with E-state index in [1.807, 2.05) is 24.4 Å². The number of fused-ring (bicyclic) bond motifs is 1. The fourth-order valence-electron chi connectivity index (χ4n) is 7.84. The molecule has 4 nitrogen and oxygen atoms in total. The third-order valence-corrected chi connectivity index (χ3v) is 11.0. The molecule has 2 aromatic heterocycles. The molecular weight excluding hydrogens is 902 g/mol. The number of aromatic nitrogens is 3. The van der Waals surface area contributed by atoms with Gasteiger partial charge in [0.15, 0.2) is 0 Å². The van der Waals surface area contributed by atoms with Crippen molar-refractivity contribution in [2.45, 2.75) is 72.6 Å². The maximum absolute atomic E-state index is 11.4. The molecule has 0 spiro atoms. The van der Waals surface area contributed by atoms with Crippen LogP contribution in [0.15, 0.2) is 146 Å². The van der Waals surface area contributed by atoms with E-state index in [4.69, 9.17) is 9.97 Å². The second-order valence-electron chi connectivity index (χ2n) is 18.0. The minimum absolute atomic E-state index is 0. The number of pyridine rings is 1. The van der Waals surface area contributed by atoms with Crippen molar-refractivity contribution in [3.63, 3.8) is 0 Å². The average Bonchev–Trinajstić information content (AvgIpc) is 3.60. The van der Waals surface area contributed by atoms with Gasteiger partial charge in [-0.15, -0.1) is 29.3 Å². The van der Waals surface area contributed by atoms with Crippen LogP contribution in [0.4, 0.5) is 0 Å². The molecule has 59 heavy (non-hydrogen) atoms. The number of rotatable bonds is 8. The van der Waals surface area contributed by atoms with Crippen molar-refractivity contribution in [1.29, 1.82) is 0 Å². The van der Waals surface area contributed by atoms with E-state index < -0.39 is 0 Å². The molecule has 0 aliphatic heterocycles. The number of nitrogens with zero attached hydrogens (tertiary/aromatic N) is 3. The van der Waals surface area contributed by atoms with Gasteiger partial charge in [0.25, 0.3) is 0 Å². The Labute approximate surface area is 364 Å².